The van der Waals surface area contributed by atoms with Gasteiger partial charge < -0.3 is 0 Å². The molecule has 0 amide bonds. The summed E-state index contributed by atoms with van der Waals surface area (Å²) in [7, 11) is 0. The van der Waals surface area contributed by atoms with Gasteiger partial charge in [0, 0.05) is 0 Å². The lowest BCUT2D eigenvalue weighted by atomic mass is 9.76. The first-order chi connectivity index (χ1) is 7.02. The molecule has 0 nitrogen and oxygen atoms in total. The highest BCUT2D eigenvalue weighted by Gasteiger charge is 2.21. The second-order valence-corrected chi connectivity index (χ2v) is 5.36. The molecule has 0 N–H and O–H groups in total. The lowest BCUT2D eigenvalue weighted by Crippen LogP contribution is -2.20. The van der Waals surface area contributed by atoms with Crippen molar-refractivity contribution in [3.05, 3.63) is 12.2 Å². The summed E-state index contributed by atoms with van der Waals surface area (Å²) in [5.74, 6) is 2.64. The van der Waals surface area contributed by atoms with Gasteiger partial charge in [-0.05, 0) is 37.5 Å². The number of hydrogen-bond acceptors (Lipinski definition) is 0. The summed E-state index contributed by atoms with van der Waals surface area (Å²) in [6.45, 7) is 15.6. The van der Waals surface area contributed by atoms with Crippen molar-refractivity contribution in [3.8, 4) is 0 Å². The second kappa shape index (κ2) is 7.96. The molecule has 0 heterocycles. The van der Waals surface area contributed by atoms with Gasteiger partial charge in [-0.2, -0.15) is 0 Å². The minimum atomic E-state index is 0.820. The minimum absolute atomic E-state index is 0.820. The molecule has 2 unspecified atom stereocenters. The summed E-state index contributed by atoms with van der Waals surface area (Å²) in [4.78, 5) is 0. The molecule has 90 valence electrons. The first-order valence-electron chi connectivity index (χ1n) is 6.67. The van der Waals surface area contributed by atoms with Gasteiger partial charge in [-0.3, -0.25) is 0 Å². The number of hydrogen-bond donors (Lipinski definition) is 0. The maximum absolute atomic E-state index is 4.02. The average Bonchev–Trinajstić information content (AvgIpc) is 2.15. The Kier molecular flexibility index (Phi) is 7.82. The SMILES string of the molecule is C=C(C)CCC(C(C)C)C(CC)CCC. The second-order valence-electron chi connectivity index (χ2n) is 5.36. The fraction of sp³-hybridized carbons (Fsp3) is 0.867. The summed E-state index contributed by atoms with van der Waals surface area (Å²) in [5, 5.41) is 0. The van der Waals surface area contributed by atoms with Gasteiger partial charge in [-0.15, -0.1) is 6.58 Å². The van der Waals surface area contributed by atoms with Crippen LogP contribution < -0.4 is 0 Å². The Morgan fingerprint density at radius 2 is 1.73 bits per heavy atom. The predicted octanol–water partition coefficient (Wildman–Crippen LogP) is 5.44. The van der Waals surface area contributed by atoms with Crippen molar-refractivity contribution in [1.82, 2.24) is 0 Å². The number of rotatable bonds is 8. The molecule has 0 aliphatic heterocycles. The Hall–Kier alpha value is -0.260. The van der Waals surface area contributed by atoms with E-state index in [1.54, 1.807) is 0 Å². The standard InChI is InChI=1S/C15H30/c1-7-9-14(8-2)15(13(5)6)11-10-12(3)4/h13-15H,3,7-11H2,1-2,4-6H3. The molecule has 0 spiro atoms. The van der Waals surface area contributed by atoms with Crippen LogP contribution in [0.1, 0.15) is 66.7 Å². The van der Waals surface area contributed by atoms with E-state index in [1.165, 1.54) is 37.7 Å². The van der Waals surface area contributed by atoms with Crippen LogP contribution in [0.4, 0.5) is 0 Å². The summed E-state index contributed by atoms with van der Waals surface area (Å²) >= 11 is 0. The van der Waals surface area contributed by atoms with Crippen LogP contribution in [-0.4, -0.2) is 0 Å². The molecule has 0 saturated heterocycles. The summed E-state index contributed by atoms with van der Waals surface area (Å²) in [6.07, 6.45) is 6.62. The van der Waals surface area contributed by atoms with Gasteiger partial charge in [0.25, 0.3) is 0 Å². The predicted molar refractivity (Wildman–Crippen MR) is 71.1 cm³/mol. The average molecular weight is 210 g/mol. The third-order valence-corrected chi connectivity index (χ3v) is 3.55. The molecule has 0 heteroatoms. The van der Waals surface area contributed by atoms with Crippen LogP contribution >= 0.6 is 0 Å². The van der Waals surface area contributed by atoms with Crippen molar-refractivity contribution in [2.24, 2.45) is 17.8 Å². The molecule has 0 radical (unpaired) electrons. The normalized spacial score (nSPS) is 15.3. The van der Waals surface area contributed by atoms with E-state index < -0.39 is 0 Å². The highest BCUT2D eigenvalue weighted by atomic mass is 14.3. The molecule has 0 aliphatic rings. The first kappa shape index (κ1) is 14.7. The zero-order valence-electron chi connectivity index (χ0n) is 11.5. The van der Waals surface area contributed by atoms with Crippen LogP contribution in [0.25, 0.3) is 0 Å². The Balaban J connectivity index is 4.27. The molecule has 0 aliphatic carbocycles. The zero-order chi connectivity index (χ0) is 11.8. The maximum Gasteiger partial charge on any atom is -0.0323 e. The minimum Gasteiger partial charge on any atom is -0.100 e. The third-order valence-electron chi connectivity index (χ3n) is 3.55. The van der Waals surface area contributed by atoms with E-state index in [9.17, 15) is 0 Å². The fourth-order valence-electron chi connectivity index (χ4n) is 2.62. The molecule has 0 aromatic rings. The van der Waals surface area contributed by atoms with Crippen LogP contribution in [0.3, 0.4) is 0 Å². The van der Waals surface area contributed by atoms with E-state index in [4.69, 9.17) is 0 Å². The summed E-state index contributed by atoms with van der Waals surface area (Å²) in [5.41, 5.74) is 1.34. The van der Waals surface area contributed by atoms with E-state index in [1.807, 2.05) is 0 Å². The van der Waals surface area contributed by atoms with Gasteiger partial charge in [-0.25, -0.2) is 0 Å². The molecular weight excluding hydrogens is 180 g/mol. The molecule has 0 bridgehead atoms. The smallest absolute Gasteiger partial charge is 0.0323 e. The van der Waals surface area contributed by atoms with Crippen molar-refractivity contribution in [1.29, 1.82) is 0 Å². The van der Waals surface area contributed by atoms with Crippen LogP contribution in [0, 0.1) is 17.8 Å². The fourth-order valence-corrected chi connectivity index (χ4v) is 2.62. The van der Waals surface area contributed by atoms with Gasteiger partial charge >= 0.3 is 0 Å². The Morgan fingerprint density at radius 3 is 2.07 bits per heavy atom. The Bertz CT molecular complexity index is 167. The molecule has 0 aromatic heterocycles. The highest BCUT2D eigenvalue weighted by molar-refractivity contribution is 4.89. The Morgan fingerprint density at radius 1 is 1.13 bits per heavy atom. The molecule has 0 fully saturated rings. The van der Waals surface area contributed by atoms with E-state index in [2.05, 4.69) is 41.2 Å². The van der Waals surface area contributed by atoms with Crippen LogP contribution in [-0.2, 0) is 0 Å². The summed E-state index contributed by atoms with van der Waals surface area (Å²) < 4.78 is 0. The van der Waals surface area contributed by atoms with E-state index in [0.717, 1.165) is 17.8 Å². The van der Waals surface area contributed by atoms with Crippen molar-refractivity contribution in [2.45, 2.75) is 66.7 Å². The van der Waals surface area contributed by atoms with Crippen molar-refractivity contribution < 1.29 is 0 Å². The van der Waals surface area contributed by atoms with Gasteiger partial charge in [0.1, 0.15) is 0 Å². The third kappa shape index (κ3) is 6.02. The van der Waals surface area contributed by atoms with Crippen molar-refractivity contribution >= 4 is 0 Å². The highest BCUT2D eigenvalue weighted by Crippen LogP contribution is 2.32. The quantitative estimate of drug-likeness (QED) is 0.468. The summed E-state index contributed by atoms with van der Waals surface area (Å²) in [6, 6.07) is 0. The van der Waals surface area contributed by atoms with Crippen LogP contribution in [0.5, 0.6) is 0 Å². The molecule has 0 rings (SSSR count). The molecular formula is C15H30. The van der Waals surface area contributed by atoms with Crippen LogP contribution in [0.15, 0.2) is 12.2 Å². The first-order valence-corrected chi connectivity index (χ1v) is 6.67. The molecule has 15 heavy (non-hydrogen) atoms. The van der Waals surface area contributed by atoms with Gasteiger partial charge in [0.15, 0.2) is 0 Å². The van der Waals surface area contributed by atoms with Gasteiger partial charge in [-0.1, -0.05) is 52.5 Å². The van der Waals surface area contributed by atoms with Crippen LogP contribution in [0.2, 0.25) is 0 Å². The van der Waals surface area contributed by atoms with Gasteiger partial charge in [0.05, 0.1) is 0 Å². The molecule has 0 aromatic carbocycles. The van der Waals surface area contributed by atoms with Crippen molar-refractivity contribution in [2.75, 3.05) is 0 Å². The monoisotopic (exact) mass is 210 g/mol. The lowest BCUT2D eigenvalue weighted by molar-refractivity contribution is 0.217. The number of allylic oxidation sites excluding steroid dienone is 1. The molecule has 2 atom stereocenters. The molecule has 0 saturated carbocycles. The van der Waals surface area contributed by atoms with E-state index in [0.29, 0.717) is 0 Å². The van der Waals surface area contributed by atoms with Crippen molar-refractivity contribution in [3.63, 3.8) is 0 Å². The largest absolute Gasteiger partial charge is 0.100 e. The Labute approximate surface area is 97.2 Å². The zero-order valence-corrected chi connectivity index (χ0v) is 11.5. The lowest BCUT2D eigenvalue weighted by Gasteiger charge is -2.29. The topological polar surface area (TPSA) is 0 Å². The van der Waals surface area contributed by atoms with Gasteiger partial charge in [0.2, 0.25) is 0 Å². The maximum atomic E-state index is 4.02. The van der Waals surface area contributed by atoms with E-state index >= 15 is 0 Å². The van der Waals surface area contributed by atoms with E-state index in [-0.39, 0.29) is 0 Å².